The number of fused-ring (bicyclic) bond motifs is 1. The molecule has 0 unspecified atom stereocenters. The Balaban J connectivity index is 1.51. The highest BCUT2D eigenvalue weighted by Gasteiger charge is 2.36. The van der Waals surface area contributed by atoms with Gasteiger partial charge in [-0.05, 0) is 86.4 Å². The second kappa shape index (κ2) is 13.9. The number of benzene rings is 3. The van der Waals surface area contributed by atoms with Crippen molar-refractivity contribution in [3.63, 3.8) is 0 Å². The van der Waals surface area contributed by atoms with Crippen molar-refractivity contribution in [3.05, 3.63) is 132 Å². The molecule has 0 radical (unpaired) electrons. The number of hydrogen-bond acceptors (Lipinski definition) is 7. The molecule has 1 aliphatic heterocycles. The summed E-state index contributed by atoms with van der Waals surface area (Å²) in [7, 11) is 3.15. The van der Waals surface area contributed by atoms with Gasteiger partial charge < -0.3 is 18.8 Å². The van der Waals surface area contributed by atoms with E-state index in [1.54, 1.807) is 37.8 Å². The van der Waals surface area contributed by atoms with E-state index in [0.29, 0.717) is 44.1 Å². The average Bonchev–Trinajstić information content (AvgIpc) is 3.57. The molecule has 48 heavy (non-hydrogen) atoms. The van der Waals surface area contributed by atoms with Crippen LogP contribution in [0, 0.1) is 13.8 Å². The van der Waals surface area contributed by atoms with Crippen molar-refractivity contribution < 1.29 is 19.0 Å². The first-order valence-corrected chi connectivity index (χ1v) is 16.9. The van der Waals surface area contributed by atoms with Crippen LogP contribution < -0.4 is 24.4 Å². The van der Waals surface area contributed by atoms with E-state index in [4.69, 9.17) is 19.2 Å². The van der Waals surface area contributed by atoms with Gasteiger partial charge in [-0.3, -0.25) is 9.36 Å². The quantitative estimate of drug-likeness (QED) is 0.156. The van der Waals surface area contributed by atoms with Gasteiger partial charge in [0.15, 0.2) is 4.80 Å². The summed E-state index contributed by atoms with van der Waals surface area (Å²) in [5, 5.41) is 0. The van der Waals surface area contributed by atoms with E-state index in [1.165, 1.54) is 16.9 Å². The van der Waals surface area contributed by atoms with Crippen LogP contribution in [0.15, 0.2) is 99.9 Å². The summed E-state index contributed by atoms with van der Waals surface area (Å²) in [6.07, 6.45) is 3.23. The number of thiazole rings is 1. The number of aromatic nitrogens is 2. The van der Waals surface area contributed by atoms with Gasteiger partial charge in [-0.2, -0.15) is 0 Å². The topological polar surface area (TPSA) is 84.0 Å². The first kappa shape index (κ1) is 32.8. The van der Waals surface area contributed by atoms with Crippen molar-refractivity contribution in [2.75, 3.05) is 20.8 Å². The minimum Gasteiger partial charge on any atom is -0.497 e. The lowest BCUT2D eigenvalue weighted by molar-refractivity contribution is -0.139. The maximum absolute atomic E-state index is 14.4. The largest absolute Gasteiger partial charge is 0.497 e. The summed E-state index contributed by atoms with van der Waals surface area (Å²) in [5.41, 5.74) is 7.66. The Bertz CT molecular complexity index is 2190. The Morgan fingerprint density at radius 2 is 1.67 bits per heavy atom. The molecule has 0 saturated heterocycles. The number of ether oxygens (including phenoxy) is 3. The molecular formula is C39H39N3O5S. The summed E-state index contributed by atoms with van der Waals surface area (Å²) in [5.74, 6) is 0.599. The molecule has 246 valence electrons. The predicted octanol–water partition coefficient (Wildman–Crippen LogP) is 6.67. The van der Waals surface area contributed by atoms with Crippen LogP contribution in [0.1, 0.15) is 55.2 Å². The lowest BCUT2D eigenvalue weighted by atomic mass is 9.93. The fourth-order valence-corrected chi connectivity index (χ4v) is 7.38. The lowest BCUT2D eigenvalue weighted by Gasteiger charge is -2.27. The van der Waals surface area contributed by atoms with Gasteiger partial charge in [-0.25, -0.2) is 9.79 Å². The molecule has 6 rings (SSSR count). The van der Waals surface area contributed by atoms with E-state index in [9.17, 15) is 9.59 Å². The first-order valence-electron chi connectivity index (χ1n) is 16.1. The molecule has 9 heteroatoms. The zero-order valence-corrected chi connectivity index (χ0v) is 28.9. The van der Waals surface area contributed by atoms with Crippen molar-refractivity contribution in [1.82, 2.24) is 9.13 Å². The van der Waals surface area contributed by atoms with E-state index in [-0.39, 0.29) is 12.2 Å². The van der Waals surface area contributed by atoms with Gasteiger partial charge in [0.2, 0.25) is 0 Å². The summed E-state index contributed by atoms with van der Waals surface area (Å²) >= 11 is 1.32. The molecular weight excluding hydrogens is 623 g/mol. The summed E-state index contributed by atoms with van der Waals surface area (Å²) in [4.78, 5) is 33.5. The van der Waals surface area contributed by atoms with Gasteiger partial charge in [0.05, 0.1) is 36.6 Å². The summed E-state index contributed by atoms with van der Waals surface area (Å²) in [6.45, 7) is 8.12. The third-order valence-electron chi connectivity index (χ3n) is 8.61. The number of rotatable bonds is 10. The average molecular weight is 662 g/mol. The molecule has 1 atom stereocenters. The molecule has 2 aromatic heterocycles. The number of carbonyl (C=O) groups is 1. The molecule has 0 bridgehead atoms. The monoisotopic (exact) mass is 661 g/mol. The number of carbonyl (C=O) groups excluding carboxylic acids is 1. The Morgan fingerprint density at radius 3 is 2.33 bits per heavy atom. The van der Waals surface area contributed by atoms with Crippen LogP contribution in [-0.4, -0.2) is 35.9 Å². The van der Waals surface area contributed by atoms with Crippen molar-refractivity contribution in [2.45, 2.75) is 46.6 Å². The lowest BCUT2D eigenvalue weighted by Crippen LogP contribution is -2.40. The smallest absolute Gasteiger partial charge is 0.338 e. The maximum Gasteiger partial charge on any atom is 0.338 e. The van der Waals surface area contributed by atoms with Crippen LogP contribution in [0.3, 0.4) is 0 Å². The highest BCUT2D eigenvalue weighted by atomic mass is 32.1. The number of nitrogens with zero attached hydrogens (tertiary/aromatic N) is 3. The molecule has 0 saturated carbocycles. The molecule has 5 aromatic rings. The second-order valence-electron chi connectivity index (χ2n) is 11.6. The summed E-state index contributed by atoms with van der Waals surface area (Å²) in [6, 6.07) is 25.5. The molecule has 3 heterocycles. The van der Waals surface area contributed by atoms with Gasteiger partial charge in [0, 0.05) is 22.6 Å². The molecule has 1 aliphatic rings. The van der Waals surface area contributed by atoms with Gasteiger partial charge in [-0.15, -0.1) is 0 Å². The van der Waals surface area contributed by atoms with Crippen LogP contribution in [0.5, 0.6) is 11.5 Å². The molecule has 0 amide bonds. The van der Waals surface area contributed by atoms with Gasteiger partial charge in [-0.1, -0.05) is 67.1 Å². The number of allylic oxidation sites excluding steroid dienone is 1. The third kappa shape index (κ3) is 6.02. The Labute approximate surface area is 283 Å². The number of methoxy groups -OCH3 is 2. The minimum absolute atomic E-state index is 0.193. The SMILES string of the molecule is CCCC1=C(C(=O)OCC)[C@@H](c2cc(OC)ccc2OC)n2c(s/c(=C\c3cc(C)n(-c4ccc(-c5ccccc5)cc4)c3C)c2=O)=N1. The normalized spacial score (nSPS) is 14.5. The van der Waals surface area contributed by atoms with Crippen molar-refractivity contribution in [3.8, 4) is 28.3 Å². The van der Waals surface area contributed by atoms with Crippen molar-refractivity contribution in [2.24, 2.45) is 4.99 Å². The van der Waals surface area contributed by atoms with Crippen LogP contribution in [0.2, 0.25) is 0 Å². The van der Waals surface area contributed by atoms with Crippen molar-refractivity contribution >= 4 is 23.4 Å². The standard InChI is InChI=1S/C39H39N3O5S/c1-7-12-32-35(38(44)47-8-2)36(31-23-30(45-5)19-20-33(31)46-6)42-37(43)34(48-39(42)40-32)22-28-21-24(3)41(25(28)4)29-17-15-27(16-18-29)26-13-10-9-11-14-26/h9-11,13-23,36H,7-8,12H2,1-6H3/b34-22-/t36-/m1/s1. The van der Waals surface area contributed by atoms with E-state index in [1.807, 2.05) is 37.3 Å². The molecule has 0 spiro atoms. The molecule has 8 nitrogen and oxygen atoms in total. The maximum atomic E-state index is 14.4. The van der Waals surface area contributed by atoms with Crippen LogP contribution in [-0.2, 0) is 9.53 Å². The van der Waals surface area contributed by atoms with Crippen LogP contribution in [0.25, 0.3) is 22.9 Å². The van der Waals surface area contributed by atoms with E-state index in [0.717, 1.165) is 34.6 Å². The Kier molecular flexibility index (Phi) is 9.50. The number of aryl methyl sites for hydroxylation is 1. The number of esters is 1. The molecule has 0 N–H and O–H groups in total. The Morgan fingerprint density at radius 1 is 0.938 bits per heavy atom. The van der Waals surface area contributed by atoms with Crippen LogP contribution >= 0.6 is 11.3 Å². The van der Waals surface area contributed by atoms with E-state index >= 15 is 0 Å². The van der Waals surface area contributed by atoms with Gasteiger partial charge >= 0.3 is 5.97 Å². The third-order valence-corrected chi connectivity index (χ3v) is 9.60. The molecule has 0 fully saturated rings. The predicted molar refractivity (Wildman–Crippen MR) is 190 cm³/mol. The fraction of sp³-hybridized carbons (Fsp3) is 0.256. The number of hydrogen-bond donors (Lipinski definition) is 0. The Hall–Kier alpha value is -5.15. The minimum atomic E-state index is -0.815. The van der Waals surface area contributed by atoms with Crippen molar-refractivity contribution in [1.29, 1.82) is 0 Å². The zero-order chi connectivity index (χ0) is 33.9. The van der Waals surface area contributed by atoms with Gasteiger partial charge in [0.25, 0.3) is 5.56 Å². The van der Waals surface area contributed by atoms with Gasteiger partial charge in [0.1, 0.15) is 17.5 Å². The molecule has 3 aromatic carbocycles. The highest BCUT2D eigenvalue weighted by molar-refractivity contribution is 7.07. The first-order chi connectivity index (χ1) is 23.3. The van der Waals surface area contributed by atoms with E-state index in [2.05, 4.69) is 60.9 Å². The summed E-state index contributed by atoms with van der Waals surface area (Å²) < 4.78 is 21.2. The van der Waals surface area contributed by atoms with E-state index < -0.39 is 12.0 Å². The fourth-order valence-electron chi connectivity index (χ4n) is 6.37. The highest BCUT2D eigenvalue weighted by Crippen LogP contribution is 2.39. The molecule has 0 aliphatic carbocycles. The second-order valence-corrected chi connectivity index (χ2v) is 12.6. The zero-order valence-electron chi connectivity index (χ0n) is 28.1. The van der Waals surface area contributed by atoms with Crippen LogP contribution in [0.4, 0.5) is 0 Å².